The van der Waals surface area contributed by atoms with Gasteiger partial charge in [0.15, 0.2) is 0 Å². The minimum atomic E-state index is 0.737. The lowest BCUT2D eigenvalue weighted by Crippen LogP contribution is -2.33. The fourth-order valence-electron chi connectivity index (χ4n) is 3.52. The van der Waals surface area contributed by atoms with E-state index >= 15 is 0 Å². The molecule has 0 aliphatic heterocycles. The predicted molar refractivity (Wildman–Crippen MR) is 93.6 cm³/mol. The minimum absolute atomic E-state index is 0.737. The van der Waals surface area contributed by atoms with Crippen LogP contribution in [0.4, 0.5) is 0 Å². The third-order valence-electron chi connectivity index (χ3n) is 4.85. The first-order valence-electron chi connectivity index (χ1n) is 8.05. The Morgan fingerprint density at radius 1 is 1.35 bits per heavy atom. The summed E-state index contributed by atoms with van der Waals surface area (Å²) in [5.41, 5.74) is 1.56. The van der Waals surface area contributed by atoms with Crippen LogP contribution in [0.2, 0.25) is 0 Å². The van der Waals surface area contributed by atoms with E-state index in [1.807, 2.05) is 11.3 Å². The monoisotopic (exact) mass is 357 g/mol. The van der Waals surface area contributed by atoms with Gasteiger partial charge in [0, 0.05) is 9.85 Å². The second-order valence-corrected chi connectivity index (χ2v) is 8.16. The van der Waals surface area contributed by atoms with Gasteiger partial charge in [-0.2, -0.15) is 11.3 Å². The van der Waals surface area contributed by atoms with E-state index in [0.29, 0.717) is 0 Å². The number of nitrogens with one attached hydrogen (secondary N) is 1. The molecule has 1 saturated carbocycles. The highest BCUT2D eigenvalue weighted by Gasteiger charge is 2.33. The Labute approximate surface area is 136 Å². The summed E-state index contributed by atoms with van der Waals surface area (Å²) < 4.78 is 1.33. The van der Waals surface area contributed by atoms with E-state index in [-0.39, 0.29) is 0 Å². The van der Waals surface area contributed by atoms with Gasteiger partial charge in [0.2, 0.25) is 0 Å². The summed E-state index contributed by atoms with van der Waals surface area (Å²) in [4.78, 5) is 0. The third kappa shape index (κ3) is 4.08. The average Bonchev–Trinajstić information content (AvgIpc) is 2.85. The molecule has 114 valence electrons. The summed E-state index contributed by atoms with van der Waals surface area (Å²) in [6.45, 7) is 9.36. The van der Waals surface area contributed by atoms with E-state index in [0.717, 1.165) is 30.2 Å². The van der Waals surface area contributed by atoms with Crippen molar-refractivity contribution in [1.29, 1.82) is 0 Å². The maximum atomic E-state index is 3.76. The molecule has 0 spiro atoms. The molecule has 3 heteroatoms. The van der Waals surface area contributed by atoms with Gasteiger partial charge in [-0.15, -0.1) is 0 Å². The number of hydrogen-bond acceptors (Lipinski definition) is 2. The van der Waals surface area contributed by atoms with Crippen LogP contribution in [0.25, 0.3) is 0 Å². The molecule has 1 N–H and O–H groups in total. The maximum absolute atomic E-state index is 3.76. The van der Waals surface area contributed by atoms with Crippen molar-refractivity contribution in [2.24, 2.45) is 17.8 Å². The lowest BCUT2D eigenvalue weighted by atomic mass is 9.68. The Hall–Kier alpha value is 0.140. The van der Waals surface area contributed by atoms with Crippen LogP contribution in [0.3, 0.4) is 0 Å². The van der Waals surface area contributed by atoms with Crippen molar-refractivity contribution >= 4 is 27.3 Å². The molecule has 1 aromatic rings. The molecule has 20 heavy (non-hydrogen) atoms. The van der Waals surface area contributed by atoms with Gasteiger partial charge in [-0.05, 0) is 89.3 Å². The molecular formula is C17H28BrNS. The molecular weight excluding hydrogens is 330 g/mol. The summed E-state index contributed by atoms with van der Waals surface area (Å²) in [5.74, 6) is 3.26. The Kier molecular flexibility index (Phi) is 6.57. The van der Waals surface area contributed by atoms with Gasteiger partial charge in [0.25, 0.3) is 0 Å². The van der Waals surface area contributed by atoms with Crippen molar-refractivity contribution < 1.29 is 0 Å². The van der Waals surface area contributed by atoms with Crippen molar-refractivity contribution in [3.63, 3.8) is 0 Å². The second kappa shape index (κ2) is 7.95. The fourth-order valence-corrected chi connectivity index (χ4v) is 5.17. The highest BCUT2D eigenvalue weighted by Crippen LogP contribution is 2.45. The Morgan fingerprint density at radius 3 is 2.75 bits per heavy atom. The van der Waals surface area contributed by atoms with E-state index in [2.05, 4.69) is 52.8 Å². The molecule has 3 atom stereocenters. The number of thiophene rings is 1. The predicted octanol–water partition coefficient (Wildman–Crippen LogP) is 5.67. The molecule has 0 radical (unpaired) electrons. The van der Waals surface area contributed by atoms with E-state index in [9.17, 15) is 0 Å². The van der Waals surface area contributed by atoms with Gasteiger partial charge in [-0.3, -0.25) is 0 Å². The topological polar surface area (TPSA) is 12.0 Å². The van der Waals surface area contributed by atoms with Crippen molar-refractivity contribution in [1.82, 2.24) is 5.32 Å². The first kappa shape index (κ1) is 16.5. The van der Waals surface area contributed by atoms with Crippen LogP contribution in [-0.2, 0) is 0 Å². The minimum Gasteiger partial charge on any atom is -0.316 e. The molecule has 1 fully saturated rings. The highest BCUT2D eigenvalue weighted by atomic mass is 79.9. The number of rotatable bonds is 6. The number of halogens is 1. The molecule has 1 aromatic heterocycles. The zero-order chi connectivity index (χ0) is 14.5. The van der Waals surface area contributed by atoms with Gasteiger partial charge >= 0.3 is 0 Å². The van der Waals surface area contributed by atoms with Crippen LogP contribution in [0.5, 0.6) is 0 Å². The normalized spacial score (nSPS) is 27.1. The largest absolute Gasteiger partial charge is 0.316 e. The Morgan fingerprint density at radius 2 is 2.15 bits per heavy atom. The maximum Gasteiger partial charge on any atom is 0.0317 e. The summed E-state index contributed by atoms with van der Waals surface area (Å²) in [7, 11) is 0. The first-order valence-corrected chi connectivity index (χ1v) is 9.79. The molecule has 3 unspecified atom stereocenters. The molecule has 1 aliphatic carbocycles. The zero-order valence-corrected chi connectivity index (χ0v) is 15.4. The van der Waals surface area contributed by atoms with Crippen LogP contribution in [0.15, 0.2) is 15.2 Å². The first-order chi connectivity index (χ1) is 9.63. The van der Waals surface area contributed by atoms with Crippen molar-refractivity contribution in [3.05, 3.63) is 20.8 Å². The SMILES string of the molecule is CCCNCC1CCC(C(C)C)CC1c1cscc1Br. The smallest absolute Gasteiger partial charge is 0.0317 e. The highest BCUT2D eigenvalue weighted by molar-refractivity contribution is 9.10. The van der Waals surface area contributed by atoms with Crippen LogP contribution < -0.4 is 5.32 Å². The molecule has 0 bridgehead atoms. The van der Waals surface area contributed by atoms with Gasteiger partial charge in [-0.25, -0.2) is 0 Å². The summed E-state index contributed by atoms with van der Waals surface area (Å²) in [6.07, 6.45) is 5.39. The summed E-state index contributed by atoms with van der Waals surface area (Å²) in [5, 5.41) is 8.25. The van der Waals surface area contributed by atoms with Crippen LogP contribution >= 0.6 is 27.3 Å². The second-order valence-electron chi connectivity index (χ2n) is 6.56. The molecule has 1 nitrogen and oxygen atoms in total. The Balaban J connectivity index is 2.08. The lowest BCUT2D eigenvalue weighted by molar-refractivity contribution is 0.190. The van der Waals surface area contributed by atoms with Crippen LogP contribution in [0, 0.1) is 17.8 Å². The van der Waals surface area contributed by atoms with Crippen molar-refractivity contribution in [2.45, 2.75) is 52.4 Å². The fraction of sp³-hybridized carbons (Fsp3) is 0.765. The Bertz CT molecular complexity index is 401. The van der Waals surface area contributed by atoms with Crippen LogP contribution in [0.1, 0.15) is 57.9 Å². The van der Waals surface area contributed by atoms with E-state index in [1.165, 1.54) is 36.7 Å². The lowest BCUT2D eigenvalue weighted by Gasteiger charge is -2.38. The average molecular weight is 358 g/mol. The number of hydrogen-bond donors (Lipinski definition) is 1. The van der Waals surface area contributed by atoms with Crippen molar-refractivity contribution in [2.75, 3.05) is 13.1 Å². The van der Waals surface area contributed by atoms with Gasteiger partial charge in [-0.1, -0.05) is 20.8 Å². The van der Waals surface area contributed by atoms with Crippen molar-refractivity contribution in [3.8, 4) is 0 Å². The standard InChI is InChI=1S/C17H28BrNS/c1-4-7-19-9-14-6-5-13(12(2)3)8-15(14)16-10-20-11-17(16)18/h10-15,19H,4-9H2,1-3H3. The van der Waals surface area contributed by atoms with Gasteiger partial charge in [0.1, 0.15) is 0 Å². The molecule has 1 heterocycles. The van der Waals surface area contributed by atoms with Gasteiger partial charge in [0.05, 0.1) is 0 Å². The van der Waals surface area contributed by atoms with Crippen LogP contribution in [-0.4, -0.2) is 13.1 Å². The molecule has 1 aliphatic rings. The van der Waals surface area contributed by atoms with Gasteiger partial charge < -0.3 is 5.32 Å². The zero-order valence-electron chi connectivity index (χ0n) is 13.0. The molecule has 0 aromatic carbocycles. The summed E-state index contributed by atoms with van der Waals surface area (Å²) in [6, 6.07) is 0. The third-order valence-corrected chi connectivity index (χ3v) is 6.60. The van der Waals surface area contributed by atoms with E-state index < -0.39 is 0 Å². The molecule has 0 saturated heterocycles. The molecule has 2 rings (SSSR count). The van der Waals surface area contributed by atoms with E-state index in [1.54, 1.807) is 5.56 Å². The van der Waals surface area contributed by atoms with E-state index in [4.69, 9.17) is 0 Å². The quantitative estimate of drug-likeness (QED) is 0.647. The summed E-state index contributed by atoms with van der Waals surface area (Å²) >= 11 is 5.59. The molecule has 0 amide bonds.